The van der Waals surface area contributed by atoms with Crippen molar-refractivity contribution in [3.8, 4) is 0 Å². The quantitative estimate of drug-likeness (QED) is 0.751. The minimum Gasteiger partial charge on any atom is -0.407 e. The van der Waals surface area contributed by atoms with E-state index in [1.54, 1.807) is 0 Å². The van der Waals surface area contributed by atoms with Crippen LogP contribution in [0.3, 0.4) is 0 Å². The van der Waals surface area contributed by atoms with Crippen LogP contribution in [0.25, 0.3) is 0 Å². The molecule has 0 amide bonds. The fraction of sp³-hybridized carbons (Fsp3) is 0.846. The molecule has 2 rings (SSSR count). The number of nitrogens with zero attached hydrogens (tertiary/aromatic N) is 2. The first-order chi connectivity index (χ1) is 9.33. The first kappa shape index (κ1) is 14.7. The van der Waals surface area contributed by atoms with Gasteiger partial charge in [-0.25, -0.2) is 0 Å². The van der Waals surface area contributed by atoms with E-state index in [0.717, 1.165) is 13.0 Å². The molecule has 2 N–H and O–H groups in total. The van der Waals surface area contributed by atoms with Gasteiger partial charge in [0.1, 0.15) is 0 Å². The van der Waals surface area contributed by atoms with E-state index in [1.807, 2.05) is 11.8 Å². The monoisotopic (exact) mass is 284 g/mol. The summed E-state index contributed by atoms with van der Waals surface area (Å²) in [7, 11) is 0. The number of rotatable bonds is 7. The molecule has 1 aliphatic carbocycles. The Balaban J connectivity index is 1.84. The molecule has 108 valence electrons. The van der Waals surface area contributed by atoms with E-state index in [1.165, 1.54) is 25.7 Å². The van der Waals surface area contributed by atoms with E-state index in [0.29, 0.717) is 29.7 Å². The summed E-state index contributed by atoms with van der Waals surface area (Å²) in [6, 6.07) is 1.03. The van der Waals surface area contributed by atoms with Crippen LogP contribution < -0.4 is 10.6 Å². The zero-order valence-electron chi connectivity index (χ0n) is 11.8. The van der Waals surface area contributed by atoms with Gasteiger partial charge in [0.15, 0.2) is 0 Å². The summed E-state index contributed by atoms with van der Waals surface area (Å²) < 4.78 is 5.62. The van der Waals surface area contributed by atoms with Gasteiger partial charge in [0.2, 0.25) is 5.89 Å². The maximum Gasteiger partial charge on any atom is 0.315 e. The highest BCUT2D eigenvalue weighted by Crippen LogP contribution is 2.29. The first-order valence-corrected chi connectivity index (χ1v) is 8.44. The average molecular weight is 284 g/mol. The number of hydrogen-bond acceptors (Lipinski definition) is 6. The minimum absolute atomic E-state index is 0.459. The molecule has 2 atom stereocenters. The summed E-state index contributed by atoms with van der Waals surface area (Å²) in [5.74, 6) is 0.660. The van der Waals surface area contributed by atoms with E-state index < -0.39 is 0 Å². The van der Waals surface area contributed by atoms with Crippen LogP contribution in [0.5, 0.6) is 0 Å². The fourth-order valence-corrected chi connectivity index (χ4v) is 3.39. The van der Waals surface area contributed by atoms with Crippen LogP contribution in [-0.2, 0) is 6.54 Å². The van der Waals surface area contributed by atoms with Crippen molar-refractivity contribution in [2.75, 3.05) is 18.1 Å². The molecular weight excluding hydrogens is 260 g/mol. The van der Waals surface area contributed by atoms with Crippen LogP contribution >= 0.6 is 11.8 Å². The lowest BCUT2D eigenvalue weighted by Gasteiger charge is -2.30. The number of hydrogen-bond donors (Lipinski definition) is 2. The highest BCUT2D eigenvalue weighted by molar-refractivity contribution is 7.99. The van der Waals surface area contributed by atoms with Crippen molar-refractivity contribution in [1.29, 1.82) is 0 Å². The topological polar surface area (TPSA) is 63.0 Å². The highest BCUT2D eigenvalue weighted by Gasteiger charge is 2.25. The van der Waals surface area contributed by atoms with Crippen LogP contribution in [0.1, 0.15) is 44.9 Å². The van der Waals surface area contributed by atoms with Gasteiger partial charge in [0.25, 0.3) is 0 Å². The van der Waals surface area contributed by atoms with Crippen molar-refractivity contribution in [3.63, 3.8) is 0 Å². The number of aromatic nitrogens is 2. The van der Waals surface area contributed by atoms with Gasteiger partial charge in [-0.2, -0.15) is 11.8 Å². The summed E-state index contributed by atoms with van der Waals surface area (Å²) in [6.45, 7) is 3.76. The third kappa shape index (κ3) is 4.38. The highest BCUT2D eigenvalue weighted by atomic mass is 32.2. The minimum atomic E-state index is 0.459. The SMILES string of the molecule is CCCNCc1nnc(NC2CCCCC2SC)o1. The Hall–Kier alpha value is -0.750. The van der Waals surface area contributed by atoms with Crippen molar-refractivity contribution in [1.82, 2.24) is 15.5 Å². The third-order valence-corrected chi connectivity index (χ3v) is 4.65. The summed E-state index contributed by atoms with van der Waals surface area (Å²) in [5, 5.41) is 15.5. The zero-order chi connectivity index (χ0) is 13.5. The molecule has 1 heterocycles. The molecule has 0 spiro atoms. The van der Waals surface area contributed by atoms with Crippen LogP contribution in [0.15, 0.2) is 4.42 Å². The lowest BCUT2D eigenvalue weighted by atomic mass is 9.95. The molecule has 1 aromatic heterocycles. The van der Waals surface area contributed by atoms with Gasteiger partial charge in [0, 0.05) is 11.3 Å². The summed E-state index contributed by atoms with van der Waals surface area (Å²) >= 11 is 1.93. The Kier molecular flexibility index (Phi) is 5.97. The predicted octanol–water partition coefficient (Wildman–Crippen LogP) is 2.66. The summed E-state index contributed by atoms with van der Waals surface area (Å²) in [6.07, 6.45) is 8.37. The van der Waals surface area contributed by atoms with Gasteiger partial charge in [-0.15, -0.1) is 5.10 Å². The molecule has 1 saturated carbocycles. The van der Waals surface area contributed by atoms with Crippen LogP contribution in [-0.4, -0.2) is 34.3 Å². The molecule has 0 radical (unpaired) electrons. The van der Waals surface area contributed by atoms with Crippen molar-refractivity contribution in [2.24, 2.45) is 0 Å². The van der Waals surface area contributed by atoms with Crippen LogP contribution in [0.4, 0.5) is 6.01 Å². The van der Waals surface area contributed by atoms with Gasteiger partial charge >= 0.3 is 6.01 Å². The second kappa shape index (κ2) is 7.75. The fourth-order valence-electron chi connectivity index (χ4n) is 2.46. The van der Waals surface area contributed by atoms with Gasteiger partial charge in [0.05, 0.1) is 6.54 Å². The number of thioether (sulfide) groups is 1. The Bertz CT molecular complexity index is 371. The van der Waals surface area contributed by atoms with Gasteiger partial charge in [-0.1, -0.05) is 24.9 Å². The Labute approximate surface area is 119 Å². The van der Waals surface area contributed by atoms with E-state index >= 15 is 0 Å². The Morgan fingerprint density at radius 1 is 1.32 bits per heavy atom. The van der Waals surface area contributed by atoms with E-state index in [9.17, 15) is 0 Å². The van der Waals surface area contributed by atoms with Crippen molar-refractivity contribution in [2.45, 2.75) is 56.9 Å². The molecule has 0 aliphatic heterocycles. The molecule has 0 aromatic carbocycles. The maximum absolute atomic E-state index is 5.62. The van der Waals surface area contributed by atoms with Gasteiger partial charge in [-0.05, 0) is 32.1 Å². The smallest absolute Gasteiger partial charge is 0.315 e. The Morgan fingerprint density at radius 2 is 2.16 bits per heavy atom. The van der Waals surface area contributed by atoms with Crippen LogP contribution in [0, 0.1) is 0 Å². The number of nitrogens with one attached hydrogen (secondary N) is 2. The molecule has 6 heteroatoms. The Morgan fingerprint density at radius 3 is 2.95 bits per heavy atom. The van der Waals surface area contributed by atoms with E-state index in [-0.39, 0.29) is 0 Å². The first-order valence-electron chi connectivity index (χ1n) is 7.16. The molecule has 0 saturated heterocycles. The third-order valence-electron chi connectivity index (χ3n) is 3.48. The predicted molar refractivity (Wildman–Crippen MR) is 79.5 cm³/mol. The molecule has 0 bridgehead atoms. The maximum atomic E-state index is 5.62. The molecule has 5 nitrogen and oxygen atoms in total. The standard InChI is InChI=1S/C13H24N4OS/c1-3-8-14-9-12-16-17-13(18-12)15-10-6-4-5-7-11(10)19-2/h10-11,14H,3-9H2,1-2H3,(H,15,17). The lowest BCUT2D eigenvalue weighted by Crippen LogP contribution is -2.34. The molecule has 1 fully saturated rings. The van der Waals surface area contributed by atoms with Crippen LogP contribution in [0.2, 0.25) is 0 Å². The van der Waals surface area contributed by atoms with Crippen molar-refractivity contribution < 1.29 is 4.42 Å². The molecule has 19 heavy (non-hydrogen) atoms. The zero-order valence-corrected chi connectivity index (χ0v) is 12.6. The van der Waals surface area contributed by atoms with E-state index in [2.05, 4.69) is 34.0 Å². The normalized spacial score (nSPS) is 23.5. The molecule has 1 aliphatic rings. The van der Waals surface area contributed by atoms with E-state index in [4.69, 9.17) is 4.42 Å². The molecular formula is C13H24N4OS. The summed E-state index contributed by atoms with van der Waals surface area (Å²) in [4.78, 5) is 0. The molecule has 1 aromatic rings. The number of anilines is 1. The average Bonchev–Trinajstić information content (AvgIpc) is 2.87. The lowest BCUT2D eigenvalue weighted by molar-refractivity contribution is 0.442. The van der Waals surface area contributed by atoms with Crippen molar-refractivity contribution >= 4 is 17.8 Å². The molecule has 2 unspecified atom stereocenters. The van der Waals surface area contributed by atoms with Crippen molar-refractivity contribution in [3.05, 3.63) is 5.89 Å². The van der Waals surface area contributed by atoms with Gasteiger partial charge in [-0.3, -0.25) is 0 Å². The van der Waals surface area contributed by atoms with Gasteiger partial charge < -0.3 is 15.1 Å². The second-order valence-corrected chi connectivity index (χ2v) is 6.06. The second-order valence-electron chi connectivity index (χ2n) is 4.99. The largest absolute Gasteiger partial charge is 0.407 e. The summed E-state index contributed by atoms with van der Waals surface area (Å²) in [5.41, 5.74) is 0.